The van der Waals surface area contributed by atoms with Crippen molar-refractivity contribution in [1.29, 1.82) is 0 Å². The second-order valence-corrected chi connectivity index (χ2v) is 5.36. The number of hydrogen-bond acceptors (Lipinski definition) is 1. The van der Waals surface area contributed by atoms with Gasteiger partial charge in [0.1, 0.15) is 0 Å². The lowest BCUT2D eigenvalue weighted by molar-refractivity contribution is 0.390. The van der Waals surface area contributed by atoms with Crippen LogP contribution in [-0.4, -0.2) is 7.05 Å². The van der Waals surface area contributed by atoms with E-state index < -0.39 is 0 Å². The van der Waals surface area contributed by atoms with Crippen molar-refractivity contribution in [3.63, 3.8) is 0 Å². The van der Waals surface area contributed by atoms with Crippen LogP contribution in [0.2, 0.25) is 10.0 Å². The van der Waals surface area contributed by atoms with Crippen LogP contribution in [0.4, 0.5) is 0 Å². The number of hydrogen-bond donors (Lipinski definition) is 1. The van der Waals surface area contributed by atoms with Gasteiger partial charge in [-0.05, 0) is 43.0 Å². The minimum Gasteiger partial charge on any atom is -0.313 e. The lowest BCUT2D eigenvalue weighted by atomic mass is 9.92. The van der Waals surface area contributed by atoms with Gasteiger partial charge in [-0.1, -0.05) is 36.2 Å². The largest absolute Gasteiger partial charge is 0.313 e. The van der Waals surface area contributed by atoms with Gasteiger partial charge in [0.25, 0.3) is 0 Å². The van der Waals surface area contributed by atoms with Crippen LogP contribution >= 0.6 is 23.2 Å². The normalized spacial score (nSPS) is 20.0. The van der Waals surface area contributed by atoms with E-state index in [0.29, 0.717) is 21.5 Å². The summed E-state index contributed by atoms with van der Waals surface area (Å²) in [5.41, 5.74) is 1.62. The second-order valence-electron chi connectivity index (χ2n) is 4.55. The molecule has 0 aliphatic heterocycles. The molecule has 0 heterocycles. The predicted molar refractivity (Wildman–Crippen MR) is 65.6 cm³/mol. The van der Waals surface area contributed by atoms with Crippen molar-refractivity contribution in [3.8, 4) is 0 Å². The zero-order valence-corrected chi connectivity index (χ0v) is 10.5. The van der Waals surface area contributed by atoms with E-state index in [1.807, 2.05) is 19.2 Å². The van der Waals surface area contributed by atoms with Crippen LogP contribution in [0.15, 0.2) is 18.2 Å². The highest BCUT2D eigenvalue weighted by atomic mass is 35.5. The Hall–Kier alpha value is -0.240. The van der Waals surface area contributed by atoms with E-state index in [1.54, 1.807) is 0 Å². The number of nitrogens with one attached hydrogen (secondary N) is 1. The van der Waals surface area contributed by atoms with E-state index in [1.165, 1.54) is 18.4 Å². The van der Waals surface area contributed by atoms with Crippen molar-refractivity contribution in [2.75, 3.05) is 7.05 Å². The van der Waals surface area contributed by atoms with Crippen molar-refractivity contribution in [3.05, 3.63) is 33.8 Å². The van der Waals surface area contributed by atoms with E-state index >= 15 is 0 Å². The molecule has 1 unspecified atom stereocenters. The molecule has 0 bridgehead atoms. The third-order valence-electron chi connectivity index (χ3n) is 3.30. The van der Waals surface area contributed by atoms with Crippen LogP contribution in [0, 0.1) is 5.41 Å². The number of rotatable bonds is 3. The fourth-order valence-corrected chi connectivity index (χ4v) is 2.40. The number of halogens is 2. The quantitative estimate of drug-likeness (QED) is 0.845. The average molecular weight is 244 g/mol. The summed E-state index contributed by atoms with van der Waals surface area (Å²) in [4.78, 5) is 0. The smallest absolute Gasteiger partial charge is 0.0595 e. The zero-order valence-electron chi connectivity index (χ0n) is 8.98. The maximum absolute atomic E-state index is 6.03. The maximum atomic E-state index is 6.03. The zero-order chi connectivity index (χ0) is 11.1. The van der Waals surface area contributed by atoms with Crippen LogP contribution in [0.25, 0.3) is 0 Å². The Morgan fingerprint density at radius 1 is 1.27 bits per heavy atom. The first-order chi connectivity index (χ1) is 7.07. The molecule has 1 aromatic carbocycles. The first-order valence-electron chi connectivity index (χ1n) is 5.19. The highest BCUT2D eigenvalue weighted by Crippen LogP contribution is 2.54. The molecule has 0 saturated heterocycles. The summed E-state index contributed by atoms with van der Waals surface area (Å²) in [6.45, 7) is 2.30. The van der Waals surface area contributed by atoms with Crippen LogP contribution < -0.4 is 5.32 Å². The van der Waals surface area contributed by atoms with Gasteiger partial charge in [0, 0.05) is 6.04 Å². The molecule has 1 nitrogen and oxygen atoms in total. The summed E-state index contributed by atoms with van der Waals surface area (Å²) < 4.78 is 0. The van der Waals surface area contributed by atoms with Crippen LogP contribution in [0.3, 0.4) is 0 Å². The van der Waals surface area contributed by atoms with Crippen LogP contribution in [0.1, 0.15) is 31.4 Å². The molecule has 0 spiro atoms. The Morgan fingerprint density at radius 3 is 2.40 bits per heavy atom. The molecule has 0 radical (unpaired) electrons. The van der Waals surface area contributed by atoms with Gasteiger partial charge in [-0.25, -0.2) is 0 Å². The standard InChI is InChI=1S/C12H15Cl2N/c1-12(5-6-12)11(15-2)8-3-4-9(13)10(14)7-8/h3-4,7,11,15H,5-6H2,1-2H3. The first-order valence-corrected chi connectivity index (χ1v) is 5.95. The molecule has 1 aliphatic carbocycles. The van der Waals surface area contributed by atoms with Gasteiger partial charge >= 0.3 is 0 Å². The molecule has 82 valence electrons. The predicted octanol–water partition coefficient (Wildman–Crippen LogP) is 4.05. The topological polar surface area (TPSA) is 12.0 Å². The van der Waals surface area contributed by atoms with E-state index in [-0.39, 0.29) is 0 Å². The molecule has 2 rings (SSSR count). The molecule has 3 heteroatoms. The first kappa shape index (κ1) is 11.3. The van der Waals surface area contributed by atoms with Gasteiger partial charge in [-0.2, -0.15) is 0 Å². The monoisotopic (exact) mass is 243 g/mol. The SMILES string of the molecule is CNC(c1ccc(Cl)c(Cl)c1)C1(C)CC1. The Bertz CT molecular complexity index is 372. The third-order valence-corrected chi connectivity index (χ3v) is 4.04. The molecule has 0 amide bonds. The summed E-state index contributed by atoms with van der Waals surface area (Å²) in [5, 5.41) is 4.62. The maximum Gasteiger partial charge on any atom is 0.0595 e. The third kappa shape index (κ3) is 2.15. The van der Waals surface area contributed by atoms with E-state index in [2.05, 4.69) is 18.3 Å². The molecule has 1 atom stereocenters. The van der Waals surface area contributed by atoms with E-state index in [4.69, 9.17) is 23.2 Å². The van der Waals surface area contributed by atoms with E-state index in [9.17, 15) is 0 Å². The fourth-order valence-electron chi connectivity index (χ4n) is 2.10. The van der Waals surface area contributed by atoms with Crippen molar-refractivity contribution in [1.82, 2.24) is 5.32 Å². The lowest BCUT2D eigenvalue weighted by Gasteiger charge is -2.23. The lowest BCUT2D eigenvalue weighted by Crippen LogP contribution is -2.24. The second kappa shape index (κ2) is 3.97. The Kier molecular flexibility index (Phi) is 2.98. The Balaban J connectivity index is 2.31. The summed E-state index contributed by atoms with van der Waals surface area (Å²) in [6.07, 6.45) is 2.55. The van der Waals surface area contributed by atoms with Gasteiger partial charge in [-0.15, -0.1) is 0 Å². The van der Waals surface area contributed by atoms with Crippen molar-refractivity contribution >= 4 is 23.2 Å². The molecule has 1 aromatic rings. The minimum atomic E-state index is 0.382. The van der Waals surface area contributed by atoms with Crippen molar-refractivity contribution < 1.29 is 0 Å². The molecule has 1 saturated carbocycles. The molecular formula is C12H15Cl2N. The molecule has 15 heavy (non-hydrogen) atoms. The minimum absolute atomic E-state index is 0.382. The van der Waals surface area contributed by atoms with Gasteiger partial charge in [0.2, 0.25) is 0 Å². The Morgan fingerprint density at radius 2 is 1.93 bits per heavy atom. The van der Waals surface area contributed by atoms with Gasteiger partial charge < -0.3 is 5.32 Å². The molecule has 0 aromatic heterocycles. The van der Waals surface area contributed by atoms with Gasteiger partial charge in [-0.3, -0.25) is 0 Å². The number of benzene rings is 1. The molecular weight excluding hydrogens is 229 g/mol. The van der Waals surface area contributed by atoms with Crippen LogP contribution in [-0.2, 0) is 0 Å². The van der Waals surface area contributed by atoms with Gasteiger partial charge in [0.05, 0.1) is 10.0 Å². The molecule has 1 N–H and O–H groups in total. The summed E-state index contributed by atoms with van der Waals surface area (Å²) in [5.74, 6) is 0. The molecule has 1 aliphatic rings. The summed E-state index contributed by atoms with van der Waals surface area (Å²) >= 11 is 11.9. The van der Waals surface area contributed by atoms with Gasteiger partial charge in [0.15, 0.2) is 0 Å². The average Bonchev–Trinajstić information content (AvgIpc) is 2.92. The van der Waals surface area contributed by atoms with Crippen molar-refractivity contribution in [2.24, 2.45) is 5.41 Å². The fraction of sp³-hybridized carbons (Fsp3) is 0.500. The molecule has 1 fully saturated rings. The summed E-state index contributed by atoms with van der Waals surface area (Å²) in [7, 11) is 2.00. The van der Waals surface area contributed by atoms with E-state index in [0.717, 1.165) is 0 Å². The Labute approximate surface area is 101 Å². The van der Waals surface area contributed by atoms with Crippen molar-refractivity contribution in [2.45, 2.75) is 25.8 Å². The highest BCUT2D eigenvalue weighted by Gasteiger charge is 2.44. The van der Waals surface area contributed by atoms with Crippen LogP contribution in [0.5, 0.6) is 0 Å². The highest BCUT2D eigenvalue weighted by molar-refractivity contribution is 6.42. The summed E-state index contributed by atoms with van der Waals surface area (Å²) in [6, 6.07) is 6.27.